The Morgan fingerprint density at radius 2 is 2.17 bits per heavy atom. The van der Waals surface area contributed by atoms with Gasteiger partial charge in [-0.2, -0.15) is 4.98 Å². The predicted molar refractivity (Wildman–Crippen MR) is 65.3 cm³/mol. The molecule has 0 aliphatic carbocycles. The van der Waals surface area contributed by atoms with Crippen LogP contribution < -0.4 is 4.74 Å². The Morgan fingerprint density at radius 1 is 1.39 bits per heavy atom. The molecule has 0 unspecified atom stereocenters. The molecule has 5 nitrogen and oxygen atoms in total. The molecule has 18 heavy (non-hydrogen) atoms. The Kier molecular flexibility index (Phi) is 3.43. The molecule has 0 fully saturated rings. The highest BCUT2D eigenvalue weighted by Crippen LogP contribution is 2.28. The number of benzene rings is 1. The highest BCUT2D eigenvalue weighted by molar-refractivity contribution is 6.32. The largest absolute Gasteiger partial charge is 0.477 e. The van der Waals surface area contributed by atoms with Gasteiger partial charge in [-0.3, -0.25) is 0 Å². The fraction of sp³-hybridized carbons (Fsp3) is 0.0833. The van der Waals surface area contributed by atoms with Gasteiger partial charge < -0.3 is 9.84 Å². The number of nitrogens with zero attached hydrogens (tertiary/aromatic N) is 2. The fourth-order valence-corrected chi connectivity index (χ4v) is 1.45. The zero-order valence-electron chi connectivity index (χ0n) is 9.42. The smallest absolute Gasteiger partial charge is 0.354 e. The zero-order chi connectivity index (χ0) is 13.1. The van der Waals surface area contributed by atoms with Crippen LogP contribution in [0.15, 0.2) is 30.5 Å². The van der Waals surface area contributed by atoms with Crippen LogP contribution in [0, 0.1) is 6.92 Å². The lowest BCUT2D eigenvalue weighted by atomic mass is 10.2. The number of carboxylic acids is 1. The summed E-state index contributed by atoms with van der Waals surface area (Å²) >= 11 is 5.95. The van der Waals surface area contributed by atoms with Crippen molar-refractivity contribution in [3.63, 3.8) is 0 Å². The van der Waals surface area contributed by atoms with E-state index in [1.165, 1.54) is 12.3 Å². The van der Waals surface area contributed by atoms with Crippen molar-refractivity contribution >= 4 is 17.6 Å². The summed E-state index contributed by atoms with van der Waals surface area (Å²) in [6, 6.07) is 6.48. The SMILES string of the molecule is Cc1ccc(Cl)c(Oc2nccc(C(=O)O)n2)c1. The van der Waals surface area contributed by atoms with Crippen molar-refractivity contribution in [2.45, 2.75) is 6.92 Å². The third kappa shape index (κ3) is 2.75. The maximum Gasteiger partial charge on any atom is 0.354 e. The Labute approximate surface area is 108 Å². The molecule has 1 aromatic heterocycles. The van der Waals surface area contributed by atoms with Gasteiger partial charge in [0.05, 0.1) is 5.02 Å². The first-order chi connectivity index (χ1) is 8.56. The summed E-state index contributed by atoms with van der Waals surface area (Å²) in [5.74, 6) is -0.753. The molecule has 0 radical (unpaired) electrons. The van der Waals surface area contributed by atoms with Crippen molar-refractivity contribution in [3.8, 4) is 11.8 Å². The molecular weight excluding hydrogens is 256 g/mol. The number of hydrogen-bond acceptors (Lipinski definition) is 4. The van der Waals surface area contributed by atoms with E-state index in [0.29, 0.717) is 10.8 Å². The third-order valence-electron chi connectivity index (χ3n) is 2.14. The minimum Gasteiger partial charge on any atom is -0.477 e. The first-order valence-corrected chi connectivity index (χ1v) is 5.44. The number of aromatic nitrogens is 2. The molecular formula is C12H9ClN2O3. The van der Waals surface area contributed by atoms with Crippen LogP contribution in [-0.2, 0) is 0 Å². The average molecular weight is 265 g/mol. The highest BCUT2D eigenvalue weighted by atomic mass is 35.5. The summed E-state index contributed by atoms with van der Waals surface area (Å²) < 4.78 is 5.36. The predicted octanol–water partition coefficient (Wildman–Crippen LogP) is 2.93. The summed E-state index contributed by atoms with van der Waals surface area (Å²) in [6.45, 7) is 1.89. The standard InChI is InChI=1S/C12H9ClN2O3/c1-7-2-3-8(13)10(6-7)18-12-14-5-4-9(15-12)11(16)17/h2-6H,1H3,(H,16,17). The first-order valence-electron chi connectivity index (χ1n) is 5.06. The molecule has 92 valence electrons. The quantitative estimate of drug-likeness (QED) is 0.923. The van der Waals surface area contributed by atoms with Crippen molar-refractivity contribution in [2.75, 3.05) is 0 Å². The van der Waals surface area contributed by atoms with E-state index in [1.807, 2.05) is 13.0 Å². The van der Waals surface area contributed by atoms with Crippen molar-refractivity contribution in [1.29, 1.82) is 0 Å². The lowest BCUT2D eigenvalue weighted by Gasteiger charge is -2.06. The molecule has 2 aromatic rings. The van der Waals surface area contributed by atoms with E-state index in [-0.39, 0.29) is 11.7 Å². The Balaban J connectivity index is 2.31. The average Bonchev–Trinajstić information content (AvgIpc) is 2.34. The summed E-state index contributed by atoms with van der Waals surface area (Å²) in [7, 11) is 0. The number of carbonyl (C=O) groups is 1. The molecule has 0 bridgehead atoms. The van der Waals surface area contributed by atoms with Crippen molar-refractivity contribution in [1.82, 2.24) is 9.97 Å². The summed E-state index contributed by atoms with van der Waals surface area (Å²) in [5.41, 5.74) is 0.826. The van der Waals surface area contributed by atoms with E-state index in [2.05, 4.69) is 9.97 Å². The number of hydrogen-bond donors (Lipinski definition) is 1. The molecule has 1 aromatic carbocycles. The summed E-state index contributed by atoms with van der Waals surface area (Å²) in [6.07, 6.45) is 1.31. The van der Waals surface area contributed by atoms with Crippen LogP contribution in [-0.4, -0.2) is 21.0 Å². The van der Waals surface area contributed by atoms with Gasteiger partial charge >= 0.3 is 12.0 Å². The minimum atomic E-state index is -1.14. The second kappa shape index (κ2) is 5.01. The Hall–Kier alpha value is -2.14. The molecule has 2 rings (SSSR count). The lowest BCUT2D eigenvalue weighted by molar-refractivity contribution is 0.0689. The van der Waals surface area contributed by atoms with Crippen LogP contribution in [0.4, 0.5) is 0 Å². The van der Waals surface area contributed by atoms with Crippen LogP contribution in [0.1, 0.15) is 16.1 Å². The molecule has 0 aliphatic heterocycles. The molecule has 0 amide bonds. The number of rotatable bonds is 3. The molecule has 0 aliphatic rings. The van der Waals surface area contributed by atoms with Crippen LogP contribution in [0.5, 0.6) is 11.8 Å². The van der Waals surface area contributed by atoms with Gasteiger partial charge in [0.1, 0.15) is 5.75 Å². The maximum atomic E-state index is 10.8. The Bertz CT molecular complexity index is 602. The number of aryl methyl sites for hydroxylation is 1. The highest BCUT2D eigenvalue weighted by Gasteiger charge is 2.09. The van der Waals surface area contributed by atoms with Gasteiger partial charge in [-0.15, -0.1) is 0 Å². The van der Waals surface area contributed by atoms with Crippen molar-refractivity contribution in [2.24, 2.45) is 0 Å². The summed E-state index contributed by atoms with van der Waals surface area (Å²) in [5, 5.41) is 9.21. The van der Waals surface area contributed by atoms with E-state index < -0.39 is 5.97 Å². The van der Waals surface area contributed by atoms with E-state index in [0.717, 1.165) is 5.56 Å². The monoisotopic (exact) mass is 264 g/mol. The molecule has 0 saturated heterocycles. The topological polar surface area (TPSA) is 72.3 Å². The van der Waals surface area contributed by atoms with E-state index in [9.17, 15) is 4.79 Å². The first kappa shape index (κ1) is 12.3. The molecule has 1 N–H and O–H groups in total. The lowest BCUT2D eigenvalue weighted by Crippen LogP contribution is -2.02. The van der Waals surface area contributed by atoms with Gasteiger partial charge in [-0.25, -0.2) is 9.78 Å². The van der Waals surface area contributed by atoms with Crippen molar-refractivity contribution < 1.29 is 14.6 Å². The van der Waals surface area contributed by atoms with Crippen LogP contribution in [0.2, 0.25) is 5.02 Å². The molecule has 0 atom stereocenters. The van der Waals surface area contributed by atoms with Gasteiger partial charge in [0, 0.05) is 6.20 Å². The van der Waals surface area contributed by atoms with Crippen LogP contribution in [0.3, 0.4) is 0 Å². The summed E-state index contributed by atoms with van der Waals surface area (Å²) in [4.78, 5) is 18.3. The second-order valence-electron chi connectivity index (χ2n) is 3.57. The molecule has 6 heteroatoms. The number of aromatic carboxylic acids is 1. The van der Waals surface area contributed by atoms with Crippen LogP contribution in [0.25, 0.3) is 0 Å². The number of halogens is 1. The maximum absolute atomic E-state index is 10.8. The van der Waals surface area contributed by atoms with Crippen LogP contribution >= 0.6 is 11.6 Å². The molecule has 0 spiro atoms. The van der Waals surface area contributed by atoms with Gasteiger partial charge in [0.25, 0.3) is 0 Å². The minimum absolute atomic E-state index is 0.0533. The van der Waals surface area contributed by atoms with E-state index in [1.54, 1.807) is 12.1 Å². The Morgan fingerprint density at radius 3 is 2.89 bits per heavy atom. The fourth-order valence-electron chi connectivity index (χ4n) is 1.30. The van der Waals surface area contributed by atoms with Gasteiger partial charge in [-0.1, -0.05) is 17.7 Å². The van der Waals surface area contributed by atoms with Crippen molar-refractivity contribution in [3.05, 3.63) is 46.7 Å². The van der Waals surface area contributed by atoms with E-state index >= 15 is 0 Å². The van der Waals surface area contributed by atoms with E-state index in [4.69, 9.17) is 21.4 Å². The normalized spacial score (nSPS) is 10.1. The van der Waals surface area contributed by atoms with Gasteiger partial charge in [0.15, 0.2) is 5.69 Å². The van der Waals surface area contributed by atoms with Gasteiger partial charge in [-0.05, 0) is 30.7 Å². The zero-order valence-corrected chi connectivity index (χ0v) is 10.2. The molecule has 1 heterocycles. The number of ether oxygens (including phenoxy) is 1. The molecule has 0 saturated carbocycles. The second-order valence-corrected chi connectivity index (χ2v) is 3.97. The third-order valence-corrected chi connectivity index (χ3v) is 2.45. The van der Waals surface area contributed by atoms with Gasteiger partial charge in [0.2, 0.25) is 0 Å². The number of carboxylic acid groups (broad SMARTS) is 1.